The van der Waals surface area contributed by atoms with Gasteiger partial charge in [0, 0.05) is 5.92 Å². The number of fused-ring (bicyclic) bond motifs is 1. The quantitative estimate of drug-likeness (QED) is 0.630. The molecule has 1 aromatic heterocycles. The van der Waals surface area contributed by atoms with Crippen LogP contribution in [0.2, 0.25) is 0 Å². The molecule has 1 aliphatic carbocycles. The summed E-state index contributed by atoms with van der Waals surface area (Å²) < 4.78 is 5.46. The molecule has 1 atom stereocenters. The third-order valence-corrected chi connectivity index (χ3v) is 3.97. The Kier molecular flexibility index (Phi) is 3.13. The molecule has 0 spiro atoms. The topological polar surface area (TPSA) is 50.4 Å². The maximum Gasteiger partial charge on any atom is 0.343 e. The van der Waals surface area contributed by atoms with E-state index in [1.54, 1.807) is 0 Å². The van der Waals surface area contributed by atoms with Crippen molar-refractivity contribution in [2.75, 3.05) is 0 Å². The van der Waals surface area contributed by atoms with Gasteiger partial charge in [0.15, 0.2) is 0 Å². The highest BCUT2D eigenvalue weighted by Gasteiger charge is 2.22. The summed E-state index contributed by atoms with van der Waals surface area (Å²) in [6.07, 6.45) is 7.02. The molecule has 1 aromatic carbocycles. The fourth-order valence-electron chi connectivity index (χ4n) is 3.04. The maximum absolute atomic E-state index is 12.2. The lowest BCUT2D eigenvalue weighted by Gasteiger charge is -2.17. The predicted octanol–water partition coefficient (Wildman–Crippen LogP) is 3.94. The fraction of sp³-hybridized carbons (Fsp3) is 0.353. The van der Waals surface area contributed by atoms with Crippen LogP contribution in [0.3, 0.4) is 0 Å². The maximum atomic E-state index is 12.2. The Bertz CT molecular complexity index is 753. The van der Waals surface area contributed by atoms with Crippen molar-refractivity contribution in [1.29, 1.82) is 0 Å². The Hall–Kier alpha value is -2.03. The van der Waals surface area contributed by atoms with Gasteiger partial charge in [0.25, 0.3) is 0 Å². The molecular formula is C17H18O3. The number of aryl methyl sites for hydroxylation is 2. The van der Waals surface area contributed by atoms with E-state index < -0.39 is 5.63 Å². The minimum absolute atomic E-state index is 0.0368. The van der Waals surface area contributed by atoms with Crippen molar-refractivity contribution in [2.24, 2.45) is 0 Å². The van der Waals surface area contributed by atoms with Gasteiger partial charge in [-0.05, 0) is 50.3 Å². The zero-order valence-corrected chi connectivity index (χ0v) is 11.8. The first-order chi connectivity index (χ1) is 9.58. The van der Waals surface area contributed by atoms with Crippen molar-refractivity contribution < 1.29 is 9.52 Å². The van der Waals surface area contributed by atoms with Gasteiger partial charge in [-0.3, -0.25) is 0 Å². The first-order valence-electron chi connectivity index (χ1n) is 7.01. The third-order valence-electron chi connectivity index (χ3n) is 3.97. The van der Waals surface area contributed by atoms with Crippen molar-refractivity contribution in [3.05, 3.63) is 51.4 Å². The van der Waals surface area contributed by atoms with Gasteiger partial charge in [-0.1, -0.05) is 18.2 Å². The lowest BCUT2D eigenvalue weighted by atomic mass is 9.89. The van der Waals surface area contributed by atoms with Crippen molar-refractivity contribution >= 4 is 11.0 Å². The number of hydrogen-bond donors (Lipinski definition) is 1. The smallest absolute Gasteiger partial charge is 0.343 e. The summed E-state index contributed by atoms with van der Waals surface area (Å²) in [4.78, 5) is 12.2. The highest BCUT2D eigenvalue weighted by atomic mass is 16.4. The molecule has 0 saturated carbocycles. The molecule has 1 N–H and O–H groups in total. The van der Waals surface area contributed by atoms with E-state index in [0.717, 1.165) is 30.4 Å². The molecule has 20 heavy (non-hydrogen) atoms. The van der Waals surface area contributed by atoms with Crippen molar-refractivity contribution in [2.45, 2.75) is 39.0 Å². The van der Waals surface area contributed by atoms with Crippen LogP contribution in [-0.2, 0) is 0 Å². The molecular weight excluding hydrogens is 252 g/mol. The van der Waals surface area contributed by atoms with Crippen LogP contribution in [0.25, 0.3) is 11.0 Å². The molecule has 3 nitrogen and oxygen atoms in total. The molecule has 3 heteroatoms. The summed E-state index contributed by atoms with van der Waals surface area (Å²) in [6.45, 7) is 3.86. The second kappa shape index (κ2) is 4.82. The van der Waals surface area contributed by atoms with E-state index in [0.29, 0.717) is 16.5 Å². The fourth-order valence-corrected chi connectivity index (χ4v) is 3.04. The summed E-state index contributed by atoms with van der Waals surface area (Å²) >= 11 is 0. The Morgan fingerprint density at radius 3 is 2.80 bits per heavy atom. The van der Waals surface area contributed by atoms with E-state index >= 15 is 0 Å². The predicted molar refractivity (Wildman–Crippen MR) is 79.4 cm³/mol. The Labute approximate surface area is 117 Å². The van der Waals surface area contributed by atoms with Gasteiger partial charge in [-0.15, -0.1) is 0 Å². The highest BCUT2D eigenvalue weighted by Crippen LogP contribution is 2.36. The summed E-state index contributed by atoms with van der Waals surface area (Å²) in [5, 5.41) is 11.2. The van der Waals surface area contributed by atoms with Crippen LogP contribution in [0.4, 0.5) is 0 Å². The number of benzene rings is 1. The van der Waals surface area contributed by atoms with Crippen LogP contribution < -0.4 is 5.63 Å². The molecule has 3 rings (SSSR count). The van der Waals surface area contributed by atoms with Crippen LogP contribution >= 0.6 is 0 Å². The minimum Gasteiger partial charge on any atom is -0.507 e. The van der Waals surface area contributed by atoms with Crippen molar-refractivity contribution in [3.8, 4) is 5.75 Å². The molecule has 2 aromatic rings. The third kappa shape index (κ3) is 2.03. The average Bonchev–Trinajstić information content (AvgIpc) is 2.42. The SMILES string of the molecule is Cc1cc(C)c2oc(=O)c(C3C=CCCC3)c(O)c2c1. The molecule has 0 fully saturated rings. The zero-order chi connectivity index (χ0) is 14.3. The normalized spacial score (nSPS) is 18.6. The second-order valence-corrected chi connectivity index (χ2v) is 5.58. The van der Waals surface area contributed by atoms with E-state index in [1.807, 2.05) is 32.1 Å². The van der Waals surface area contributed by atoms with Crippen LogP contribution in [0.5, 0.6) is 5.75 Å². The Balaban J connectivity index is 2.31. The number of hydrogen-bond acceptors (Lipinski definition) is 3. The van der Waals surface area contributed by atoms with Crippen LogP contribution in [-0.4, -0.2) is 5.11 Å². The van der Waals surface area contributed by atoms with E-state index in [1.165, 1.54) is 0 Å². The average molecular weight is 270 g/mol. The molecule has 1 unspecified atom stereocenters. The summed E-state index contributed by atoms with van der Waals surface area (Å²) in [7, 11) is 0. The largest absolute Gasteiger partial charge is 0.507 e. The first kappa shape index (κ1) is 13.0. The van der Waals surface area contributed by atoms with Crippen molar-refractivity contribution in [3.63, 3.8) is 0 Å². The van der Waals surface area contributed by atoms with Gasteiger partial charge in [0.1, 0.15) is 11.3 Å². The van der Waals surface area contributed by atoms with E-state index in [9.17, 15) is 9.90 Å². The minimum atomic E-state index is -0.418. The van der Waals surface area contributed by atoms with Gasteiger partial charge in [0.2, 0.25) is 0 Å². The lowest BCUT2D eigenvalue weighted by Crippen LogP contribution is -2.13. The number of rotatable bonds is 1. The summed E-state index contributed by atoms with van der Waals surface area (Å²) in [5.41, 5.74) is 2.39. The molecule has 0 radical (unpaired) electrons. The second-order valence-electron chi connectivity index (χ2n) is 5.58. The molecule has 0 bridgehead atoms. The Morgan fingerprint density at radius 2 is 2.10 bits per heavy atom. The highest BCUT2D eigenvalue weighted by molar-refractivity contribution is 5.87. The molecule has 0 aliphatic heterocycles. The monoisotopic (exact) mass is 270 g/mol. The van der Waals surface area contributed by atoms with Crippen molar-refractivity contribution in [1.82, 2.24) is 0 Å². The van der Waals surface area contributed by atoms with Crippen LogP contribution in [0.15, 0.2) is 33.5 Å². The van der Waals surface area contributed by atoms with E-state index in [4.69, 9.17) is 4.42 Å². The summed E-state index contributed by atoms with van der Waals surface area (Å²) in [6, 6.07) is 3.82. The lowest BCUT2D eigenvalue weighted by molar-refractivity contribution is 0.447. The number of aromatic hydroxyl groups is 1. The van der Waals surface area contributed by atoms with Gasteiger partial charge in [0.05, 0.1) is 10.9 Å². The van der Waals surface area contributed by atoms with Gasteiger partial charge < -0.3 is 9.52 Å². The van der Waals surface area contributed by atoms with Gasteiger partial charge >= 0.3 is 5.63 Å². The summed E-state index contributed by atoms with van der Waals surface area (Å²) in [5.74, 6) is 0.0461. The van der Waals surface area contributed by atoms with E-state index in [-0.39, 0.29) is 11.7 Å². The zero-order valence-electron chi connectivity index (χ0n) is 11.8. The molecule has 104 valence electrons. The first-order valence-corrected chi connectivity index (χ1v) is 7.01. The Morgan fingerprint density at radius 1 is 1.30 bits per heavy atom. The number of allylic oxidation sites excluding steroid dienone is 2. The van der Waals surface area contributed by atoms with Crippen LogP contribution in [0.1, 0.15) is 41.9 Å². The van der Waals surface area contributed by atoms with Crippen LogP contribution in [0, 0.1) is 13.8 Å². The molecule has 1 heterocycles. The standard InChI is InChI=1S/C17H18O3/c1-10-8-11(2)16-13(9-10)15(18)14(17(19)20-16)12-6-4-3-5-7-12/h4,6,8-9,12,18H,3,5,7H2,1-2H3. The molecule has 1 aliphatic rings. The van der Waals surface area contributed by atoms with Gasteiger partial charge in [-0.2, -0.15) is 0 Å². The van der Waals surface area contributed by atoms with E-state index in [2.05, 4.69) is 6.08 Å². The van der Waals surface area contributed by atoms with Gasteiger partial charge in [-0.25, -0.2) is 4.79 Å². The molecule has 0 amide bonds. The molecule has 0 saturated heterocycles.